The second kappa shape index (κ2) is 7.04. The molecule has 0 fully saturated rings. The number of aryl methyl sites for hydroxylation is 2. The van der Waals surface area contributed by atoms with Gasteiger partial charge in [0.05, 0.1) is 6.61 Å². The van der Waals surface area contributed by atoms with Crippen molar-refractivity contribution in [2.45, 2.75) is 32.9 Å². The van der Waals surface area contributed by atoms with E-state index in [4.69, 9.17) is 4.74 Å². The molecule has 1 aliphatic heterocycles. The normalized spacial score (nSPS) is 14.8. The maximum absolute atomic E-state index is 5.22. The van der Waals surface area contributed by atoms with Crippen molar-refractivity contribution >= 4 is 10.9 Å². The molecular formula is C19H29N3O. The number of nitrogens with zero attached hydrogens (tertiary/aromatic N) is 2. The summed E-state index contributed by atoms with van der Waals surface area (Å²) in [6, 6.07) is 4.85. The first kappa shape index (κ1) is 16.5. The highest BCUT2D eigenvalue weighted by Gasteiger charge is 2.21. The summed E-state index contributed by atoms with van der Waals surface area (Å²) in [5.41, 5.74) is 7.30. The summed E-state index contributed by atoms with van der Waals surface area (Å²) in [7, 11) is 6.00. The fraction of sp³-hybridized carbons (Fsp3) is 0.579. The zero-order chi connectivity index (χ0) is 16.4. The van der Waals surface area contributed by atoms with E-state index < -0.39 is 0 Å². The van der Waals surface area contributed by atoms with E-state index in [1.165, 1.54) is 39.7 Å². The van der Waals surface area contributed by atoms with Crippen LogP contribution < -0.4 is 5.32 Å². The van der Waals surface area contributed by atoms with Gasteiger partial charge in [-0.2, -0.15) is 0 Å². The molecule has 2 aromatic rings. The van der Waals surface area contributed by atoms with Crippen LogP contribution >= 0.6 is 0 Å². The van der Waals surface area contributed by atoms with Gasteiger partial charge in [0, 0.05) is 50.4 Å². The molecule has 0 atom stereocenters. The summed E-state index contributed by atoms with van der Waals surface area (Å²) >= 11 is 0. The van der Waals surface area contributed by atoms with Crippen LogP contribution in [0.2, 0.25) is 0 Å². The number of rotatable bonds is 7. The van der Waals surface area contributed by atoms with E-state index in [2.05, 4.69) is 40.9 Å². The Hall–Kier alpha value is -1.36. The largest absolute Gasteiger partial charge is 0.383 e. The minimum Gasteiger partial charge on any atom is -0.383 e. The maximum atomic E-state index is 5.22. The molecule has 0 radical (unpaired) electrons. The maximum Gasteiger partial charge on any atom is 0.0589 e. The number of fused-ring (bicyclic) bond motifs is 2. The highest BCUT2D eigenvalue weighted by molar-refractivity contribution is 5.87. The zero-order valence-electron chi connectivity index (χ0n) is 14.9. The van der Waals surface area contributed by atoms with Crippen molar-refractivity contribution in [2.24, 2.45) is 7.05 Å². The lowest BCUT2D eigenvalue weighted by molar-refractivity contribution is 0.147. The molecule has 1 N–H and O–H groups in total. The SMILES string of the molecule is CNCCCc1c(C)n(C)c2cc3c(cc12)CN(CCOC)C3. The van der Waals surface area contributed by atoms with Gasteiger partial charge < -0.3 is 14.6 Å². The Bertz CT molecular complexity index is 690. The van der Waals surface area contributed by atoms with E-state index in [9.17, 15) is 0 Å². The molecule has 0 saturated carbocycles. The van der Waals surface area contributed by atoms with Gasteiger partial charge in [-0.25, -0.2) is 0 Å². The lowest BCUT2D eigenvalue weighted by Crippen LogP contribution is -2.21. The van der Waals surface area contributed by atoms with Gasteiger partial charge in [-0.05, 0) is 62.2 Å². The molecule has 1 aromatic heterocycles. The van der Waals surface area contributed by atoms with Crippen LogP contribution in [0.1, 0.15) is 28.8 Å². The molecule has 3 rings (SSSR count). The highest BCUT2D eigenvalue weighted by Crippen LogP contribution is 2.32. The van der Waals surface area contributed by atoms with Crippen molar-refractivity contribution < 1.29 is 4.74 Å². The van der Waals surface area contributed by atoms with Gasteiger partial charge in [-0.15, -0.1) is 0 Å². The summed E-state index contributed by atoms with van der Waals surface area (Å²) in [6.07, 6.45) is 2.34. The number of nitrogens with one attached hydrogen (secondary N) is 1. The third-order valence-corrected chi connectivity index (χ3v) is 5.20. The number of hydrogen-bond donors (Lipinski definition) is 1. The van der Waals surface area contributed by atoms with E-state index in [1.807, 2.05) is 7.05 Å². The first-order valence-corrected chi connectivity index (χ1v) is 8.61. The van der Waals surface area contributed by atoms with Gasteiger partial charge in [0.1, 0.15) is 0 Å². The molecule has 2 heterocycles. The van der Waals surface area contributed by atoms with Gasteiger partial charge in [-0.3, -0.25) is 4.90 Å². The van der Waals surface area contributed by atoms with Gasteiger partial charge in [0.25, 0.3) is 0 Å². The van der Waals surface area contributed by atoms with Gasteiger partial charge in [-0.1, -0.05) is 0 Å². The minimum atomic E-state index is 0.807. The molecule has 0 saturated heterocycles. The molecule has 1 aromatic carbocycles. The lowest BCUT2D eigenvalue weighted by Gasteiger charge is -2.13. The highest BCUT2D eigenvalue weighted by atomic mass is 16.5. The van der Waals surface area contributed by atoms with Crippen molar-refractivity contribution in [3.8, 4) is 0 Å². The standard InChI is InChI=1S/C19H29N3O/c1-14-17(6-5-7-20-2)18-10-15-12-22(8-9-23-4)13-16(15)11-19(18)21(14)3/h10-11,20H,5-9,12-13H2,1-4H3. The quantitative estimate of drug-likeness (QED) is 0.797. The topological polar surface area (TPSA) is 29.4 Å². The van der Waals surface area contributed by atoms with Crippen LogP contribution in [0.3, 0.4) is 0 Å². The molecule has 0 unspecified atom stereocenters. The van der Waals surface area contributed by atoms with Crippen LogP contribution in [0.15, 0.2) is 12.1 Å². The summed E-state index contributed by atoms with van der Waals surface area (Å²) < 4.78 is 7.59. The third kappa shape index (κ3) is 3.16. The molecule has 4 heteroatoms. The van der Waals surface area contributed by atoms with Crippen molar-refractivity contribution in [2.75, 3.05) is 33.9 Å². The molecule has 0 spiro atoms. The predicted molar refractivity (Wildman–Crippen MR) is 95.9 cm³/mol. The Kier molecular flexibility index (Phi) is 5.05. The Labute approximate surface area is 139 Å². The molecule has 0 bridgehead atoms. The molecule has 23 heavy (non-hydrogen) atoms. The van der Waals surface area contributed by atoms with Crippen LogP contribution in [0, 0.1) is 6.92 Å². The molecule has 126 valence electrons. The summed E-state index contributed by atoms with van der Waals surface area (Å²) in [5, 5.41) is 4.71. The first-order chi connectivity index (χ1) is 11.2. The number of benzene rings is 1. The van der Waals surface area contributed by atoms with E-state index in [1.54, 1.807) is 7.11 Å². The number of aromatic nitrogens is 1. The van der Waals surface area contributed by atoms with E-state index in [0.29, 0.717) is 0 Å². The second-order valence-corrected chi connectivity index (χ2v) is 6.67. The summed E-state index contributed by atoms with van der Waals surface area (Å²) in [5.74, 6) is 0. The number of methoxy groups -OCH3 is 1. The second-order valence-electron chi connectivity index (χ2n) is 6.67. The van der Waals surface area contributed by atoms with Crippen LogP contribution in [0.25, 0.3) is 10.9 Å². The van der Waals surface area contributed by atoms with Crippen molar-refractivity contribution in [1.82, 2.24) is 14.8 Å². The van der Waals surface area contributed by atoms with Gasteiger partial charge in [0.15, 0.2) is 0 Å². The van der Waals surface area contributed by atoms with Crippen LogP contribution in [-0.2, 0) is 31.3 Å². The molecule has 0 aliphatic carbocycles. The van der Waals surface area contributed by atoms with E-state index in [0.717, 1.165) is 39.2 Å². The van der Waals surface area contributed by atoms with E-state index >= 15 is 0 Å². The van der Waals surface area contributed by atoms with Crippen molar-refractivity contribution in [3.05, 3.63) is 34.5 Å². The molecule has 4 nitrogen and oxygen atoms in total. The molecule has 1 aliphatic rings. The summed E-state index contributed by atoms with van der Waals surface area (Å²) in [6.45, 7) is 7.25. The fourth-order valence-corrected chi connectivity index (χ4v) is 3.74. The van der Waals surface area contributed by atoms with Crippen LogP contribution in [0.4, 0.5) is 0 Å². The zero-order valence-corrected chi connectivity index (χ0v) is 14.9. The average molecular weight is 315 g/mol. The average Bonchev–Trinajstić information content (AvgIpc) is 3.05. The number of hydrogen-bond acceptors (Lipinski definition) is 3. The Morgan fingerprint density at radius 1 is 1.22 bits per heavy atom. The minimum absolute atomic E-state index is 0.807. The Balaban J connectivity index is 1.90. The smallest absolute Gasteiger partial charge is 0.0589 e. The lowest BCUT2D eigenvalue weighted by atomic mass is 10.0. The Morgan fingerprint density at radius 3 is 2.65 bits per heavy atom. The van der Waals surface area contributed by atoms with Gasteiger partial charge in [0.2, 0.25) is 0 Å². The number of ether oxygens (including phenoxy) is 1. The van der Waals surface area contributed by atoms with Gasteiger partial charge >= 0.3 is 0 Å². The van der Waals surface area contributed by atoms with E-state index in [-0.39, 0.29) is 0 Å². The monoisotopic (exact) mass is 315 g/mol. The van der Waals surface area contributed by atoms with Crippen LogP contribution in [0.5, 0.6) is 0 Å². The van der Waals surface area contributed by atoms with Crippen molar-refractivity contribution in [3.63, 3.8) is 0 Å². The van der Waals surface area contributed by atoms with Crippen LogP contribution in [-0.4, -0.2) is 43.3 Å². The predicted octanol–water partition coefficient (Wildman–Crippen LogP) is 2.60. The fourth-order valence-electron chi connectivity index (χ4n) is 3.74. The van der Waals surface area contributed by atoms with Crippen molar-refractivity contribution in [1.29, 1.82) is 0 Å². The third-order valence-electron chi connectivity index (χ3n) is 5.20. The molecular weight excluding hydrogens is 286 g/mol. The molecule has 0 amide bonds. The Morgan fingerprint density at radius 2 is 1.96 bits per heavy atom. The first-order valence-electron chi connectivity index (χ1n) is 8.61. The summed E-state index contributed by atoms with van der Waals surface area (Å²) in [4.78, 5) is 2.47.